The molecule has 0 bridgehead atoms. The van der Waals surface area contributed by atoms with Crippen molar-refractivity contribution in [1.82, 2.24) is 9.55 Å². The van der Waals surface area contributed by atoms with Gasteiger partial charge in [0.1, 0.15) is 5.82 Å². The Bertz CT molecular complexity index is 522. The molecule has 0 radical (unpaired) electrons. The zero-order valence-electron chi connectivity index (χ0n) is 9.72. The van der Waals surface area contributed by atoms with Crippen LogP contribution in [-0.2, 0) is 7.05 Å². The van der Waals surface area contributed by atoms with Crippen LogP contribution in [0.15, 0.2) is 40.6 Å². The first-order valence-electron chi connectivity index (χ1n) is 5.28. The van der Waals surface area contributed by atoms with Gasteiger partial charge in [0.25, 0.3) is 0 Å². The summed E-state index contributed by atoms with van der Waals surface area (Å²) >= 11 is 1.30. The molecular formula is C12H14FN3S. The monoisotopic (exact) mass is 251 g/mol. The lowest BCUT2D eigenvalue weighted by Gasteiger charge is -2.08. The van der Waals surface area contributed by atoms with Crippen molar-refractivity contribution < 1.29 is 4.39 Å². The number of hydrogen-bond acceptors (Lipinski definition) is 3. The molecule has 90 valence electrons. The fraction of sp³-hybridized carbons (Fsp3) is 0.250. The molecule has 0 spiro atoms. The highest BCUT2D eigenvalue weighted by atomic mass is 32.2. The molecule has 0 amide bonds. The van der Waals surface area contributed by atoms with E-state index in [1.165, 1.54) is 17.8 Å². The number of aryl methyl sites for hydroxylation is 1. The largest absolute Gasteiger partial charge is 0.329 e. The van der Waals surface area contributed by atoms with Crippen LogP contribution >= 0.6 is 11.8 Å². The molecule has 2 rings (SSSR count). The van der Waals surface area contributed by atoms with Crippen LogP contribution < -0.4 is 5.73 Å². The Morgan fingerprint density at radius 3 is 2.76 bits per heavy atom. The third kappa shape index (κ3) is 2.68. The molecule has 0 saturated heterocycles. The normalized spacial score (nSPS) is 12.7. The molecule has 2 N–H and O–H groups in total. The van der Waals surface area contributed by atoms with E-state index < -0.39 is 0 Å². The Balaban J connectivity index is 2.26. The topological polar surface area (TPSA) is 43.8 Å². The zero-order valence-corrected chi connectivity index (χ0v) is 10.5. The molecular weight excluding hydrogens is 237 g/mol. The first-order valence-corrected chi connectivity index (χ1v) is 6.10. The number of nitrogens with two attached hydrogens (primary N) is 1. The van der Waals surface area contributed by atoms with Crippen molar-refractivity contribution in [2.75, 3.05) is 0 Å². The number of hydrogen-bond donors (Lipinski definition) is 1. The maximum absolute atomic E-state index is 13.8. The molecule has 1 heterocycles. The van der Waals surface area contributed by atoms with Gasteiger partial charge in [0, 0.05) is 25.5 Å². The maximum atomic E-state index is 13.8. The minimum atomic E-state index is -0.257. The summed E-state index contributed by atoms with van der Waals surface area (Å²) in [5, 5.41) is 0.762. The first kappa shape index (κ1) is 12.1. The number of nitrogens with zero attached hydrogens (tertiary/aromatic N) is 2. The Kier molecular flexibility index (Phi) is 3.49. The van der Waals surface area contributed by atoms with Gasteiger partial charge in [0.15, 0.2) is 5.16 Å². The van der Waals surface area contributed by atoms with Crippen molar-refractivity contribution in [1.29, 1.82) is 0 Å². The van der Waals surface area contributed by atoms with E-state index in [4.69, 9.17) is 5.73 Å². The van der Waals surface area contributed by atoms with Gasteiger partial charge in [-0.15, -0.1) is 0 Å². The molecule has 0 aliphatic heterocycles. The van der Waals surface area contributed by atoms with Crippen LogP contribution in [0.2, 0.25) is 0 Å². The van der Waals surface area contributed by atoms with Crippen LogP contribution in [0, 0.1) is 5.82 Å². The number of rotatable bonds is 3. The second-order valence-electron chi connectivity index (χ2n) is 3.90. The summed E-state index contributed by atoms with van der Waals surface area (Å²) in [4.78, 5) is 4.70. The molecule has 17 heavy (non-hydrogen) atoms. The van der Waals surface area contributed by atoms with E-state index in [2.05, 4.69) is 4.98 Å². The zero-order chi connectivity index (χ0) is 12.4. The van der Waals surface area contributed by atoms with E-state index in [1.807, 2.05) is 30.8 Å². The van der Waals surface area contributed by atoms with Gasteiger partial charge in [-0.1, -0.05) is 6.07 Å². The fourth-order valence-corrected chi connectivity index (χ4v) is 2.24. The van der Waals surface area contributed by atoms with Gasteiger partial charge in [-0.3, -0.25) is 0 Å². The second kappa shape index (κ2) is 4.89. The highest BCUT2D eigenvalue weighted by molar-refractivity contribution is 7.99. The molecule has 1 aromatic carbocycles. The standard InChI is InChI=1S/C12H14FN3S/c1-8(14)9-3-4-11(10(13)7-9)17-12-15-5-6-16(12)2/h3-8H,14H2,1-2H3. The summed E-state index contributed by atoms with van der Waals surface area (Å²) in [5.74, 6) is -0.257. The molecule has 1 atom stereocenters. The van der Waals surface area contributed by atoms with Crippen LogP contribution in [0.25, 0.3) is 0 Å². The SMILES string of the molecule is CC(N)c1ccc(Sc2nccn2C)c(F)c1. The minimum Gasteiger partial charge on any atom is -0.329 e. The minimum absolute atomic E-state index is 0.156. The first-order chi connectivity index (χ1) is 8.08. The van der Waals surface area contributed by atoms with Crippen LogP contribution in [0.3, 0.4) is 0 Å². The van der Waals surface area contributed by atoms with E-state index in [9.17, 15) is 4.39 Å². The predicted octanol–water partition coefficient (Wildman–Crippen LogP) is 2.73. The van der Waals surface area contributed by atoms with Crippen LogP contribution in [-0.4, -0.2) is 9.55 Å². The number of halogens is 1. The average Bonchev–Trinajstić information content (AvgIpc) is 2.67. The van der Waals surface area contributed by atoms with Crippen LogP contribution in [0.5, 0.6) is 0 Å². The lowest BCUT2D eigenvalue weighted by molar-refractivity contribution is 0.596. The molecule has 0 fully saturated rings. The maximum Gasteiger partial charge on any atom is 0.172 e. The Labute approximate surface area is 104 Å². The van der Waals surface area contributed by atoms with Gasteiger partial charge >= 0.3 is 0 Å². The fourth-order valence-electron chi connectivity index (χ4n) is 1.43. The van der Waals surface area contributed by atoms with Gasteiger partial charge in [0.2, 0.25) is 0 Å². The summed E-state index contributed by atoms with van der Waals surface area (Å²) in [6.07, 6.45) is 3.52. The number of benzene rings is 1. The van der Waals surface area contributed by atoms with Crippen molar-refractivity contribution in [2.24, 2.45) is 12.8 Å². The summed E-state index contributed by atoms with van der Waals surface area (Å²) in [7, 11) is 1.88. The third-order valence-corrected chi connectivity index (χ3v) is 3.59. The number of aromatic nitrogens is 2. The van der Waals surface area contributed by atoms with Gasteiger partial charge in [-0.05, 0) is 36.4 Å². The average molecular weight is 251 g/mol. The van der Waals surface area contributed by atoms with Crippen LogP contribution in [0.4, 0.5) is 4.39 Å². The van der Waals surface area contributed by atoms with Crippen molar-refractivity contribution in [3.8, 4) is 0 Å². The lowest BCUT2D eigenvalue weighted by Crippen LogP contribution is -2.05. The van der Waals surface area contributed by atoms with Crippen molar-refractivity contribution >= 4 is 11.8 Å². The number of imidazole rings is 1. The van der Waals surface area contributed by atoms with E-state index >= 15 is 0 Å². The smallest absolute Gasteiger partial charge is 0.172 e. The molecule has 3 nitrogen and oxygen atoms in total. The van der Waals surface area contributed by atoms with Crippen molar-refractivity contribution in [3.05, 3.63) is 42.0 Å². The van der Waals surface area contributed by atoms with E-state index in [1.54, 1.807) is 12.3 Å². The molecule has 5 heteroatoms. The van der Waals surface area contributed by atoms with Crippen LogP contribution in [0.1, 0.15) is 18.5 Å². The van der Waals surface area contributed by atoms with Gasteiger partial charge in [0.05, 0.1) is 4.90 Å². The Morgan fingerprint density at radius 2 is 2.24 bits per heavy atom. The molecule has 2 aromatic rings. The molecule has 0 aliphatic rings. The molecule has 0 saturated carbocycles. The summed E-state index contributed by atoms with van der Waals surface area (Å²) < 4.78 is 15.7. The van der Waals surface area contributed by atoms with Crippen molar-refractivity contribution in [2.45, 2.75) is 23.0 Å². The molecule has 1 unspecified atom stereocenters. The van der Waals surface area contributed by atoms with Gasteiger partial charge in [-0.2, -0.15) is 0 Å². The van der Waals surface area contributed by atoms with Gasteiger partial charge < -0.3 is 10.3 Å². The summed E-state index contributed by atoms with van der Waals surface area (Å²) in [6, 6.07) is 4.92. The summed E-state index contributed by atoms with van der Waals surface area (Å²) in [6.45, 7) is 1.83. The van der Waals surface area contributed by atoms with Gasteiger partial charge in [-0.25, -0.2) is 9.37 Å². The molecule has 0 aliphatic carbocycles. The van der Waals surface area contributed by atoms with Crippen molar-refractivity contribution in [3.63, 3.8) is 0 Å². The Hall–Kier alpha value is -1.33. The molecule has 1 aromatic heterocycles. The second-order valence-corrected chi connectivity index (χ2v) is 4.91. The van der Waals surface area contributed by atoms with E-state index in [0.29, 0.717) is 4.90 Å². The van der Waals surface area contributed by atoms with E-state index in [-0.39, 0.29) is 11.9 Å². The third-order valence-electron chi connectivity index (χ3n) is 2.46. The lowest BCUT2D eigenvalue weighted by atomic mass is 10.1. The Morgan fingerprint density at radius 1 is 1.47 bits per heavy atom. The quantitative estimate of drug-likeness (QED) is 0.912. The van der Waals surface area contributed by atoms with E-state index in [0.717, 1.165) is 10.7 Å². The highest BCUT2D eigenvalue weighted by Crippen LogP contribution is 2.29. The summed E-state index contributed by atoms with van der Waals surface area (Å²) in [5.41, 5.74) is 6.50. The highest BCUT2D eigenvalue weighted by Gasteiger charge is 2.09. The predicted molar refractivity (Wildman–Crippen MR) is 66.3 cm³/mol.